The molecule has 2 atom stereocenters. The standard InChI is InChI=1S/C12H17N3O/c1-8-2-5-11(15-14-8)12(16)6-9-3-4-10(7-12)13-9/h2,5,9-10,13,16H,3-4,6-7H2,1H3. The lowest BCUT2D eigenvalue weighted by atomic mass is 9.84. The molecule has 86 valence electrons. The SMILES string of the molecule is Cc1ccc(C2(O)CC3CCC(C2)N3)nn1. The molecular weight excluding hydrogens is 202 g/mol. The van der Waals surface area contributed by atoms with E-state index in [2.05, 4.69) is 15.5 Å². The lowest BCUT2D eigenvalue weighted by Crippen LogP contribution is -2.47. The summed E-state index contributed by atoms with van der Waals surface area (Å²) in [5, 5.41) is 22.4. The summed E-state index contributed by atoms with van der Waals surface area (Å²) in [6, 6.07) is 4.73. The van der Waals surface area contributed by atoms with Gasteiger partial charge in [0.1, 0.15) is 5.60 Å². The van der Waals surface area contributed by atoms with Crippen molar-refractivity contribution in [3.05, 3.63) is 23.5 Å². The molecule has 4 heteroatoms. The Kier molecular flexibility index (Phi) is 2.23. The third-order valence-electron chi connectivity index (χ3n) is 3.78. The Labute approximate surface area is 95.1 Å². The molecule has 2 bridgehead atoms. The van der Waals surface area contributed by atoms with Gasteiger partial charge >= 0.3 is 0 Å². The highest BCUT2D eigenvalue weighted by Gasteiger charge is 2.44. The van der Waals surface area contributed by atoms with Gasteiger partial charge in [0.15, 0.2) is 0 Å². The first-order valence-corrected chi connectivity index (χ1v) is 5.95. The van der Waals surface area contributed by atoms with Gasteiger partial charge in [0.25, 0.3) is 0 Å². The van der Waals surface area contributed by atoms with Crippen LogP contribution in [0.1, 0.15) is 37.1 Å². The minimum Gasteiger partial charge on any atom is -0.383 e. The highest BCUT2D eigenvalue weighted by Crippen LogP contribution is 2.39. The minimum atomic E-state index is -0.766. The van der Waals surface area contributed by atoms with E-state index in [1.165, 1.54) is 12.8 Å². The summed E-state index contributed by atoms with van der Waals surface area (Å²) in [5.74, 6) is 0. The monoisotopic (exact) mass is 219 g/mol. The fraction of sp³-hybridized carbons (Fsp3) is 0.667. The first-order chi connectivity index (χ1) is 7.66. The normalized spacial score (nSPS) is 37.6. The van der Waals surface area contributed by atoms with E-state index in [-0.39, 0.29) is 0 Å². The third kappa shape index (κ3) is 1.62. The summed E-state index contributed by atoms with van der Waals surface area (Å²) >= 11 is 0. The van der Waals surface area contributed by atoms with Crippen molar-refractivity contribution in [3.63, 3.8) is 0 Å². The van der Waals surface area contributed by atoms with Crippen LogP contribution >= 0.6 is 0 Å². The van der Waals surface area contributed by atoms with Gasteiger partial charge in [-0.1, -0.05) is 0 Å². The fourth-order valence-corrected chi connectivity index (χ4v) is 2.98. The molecule has 4 nitrogen and oxygen atoms in total. The number of fused-ring (bicyclic) bond motifs is 2. The van der Waals surface area contributed by atoms with Crippen LogP contribution in [0.2, 0.25) is 0 Å². The van der Waals surface area contributed by atoms with Gasteiger partial charge in [0, 0.05) is 12.1 Å². The van der Waals surface area contributed by atoms with Crippen molar-refractivity contribution in [1.29, 1.82) is 0 Å². The number of rotatable bonds is 1. The Bertz CT molecular complexity index is 378. The molecule has 0 aromatic carbocycles. The molecule has 2 N–H and O–H groups in total. The Morgan fingerprint density at radius 1 is 1.25 bits per heavy atom. The zero-order valence-electron chi connectivity index (χ0n) is 9.48. The first-order valence-electron chi connectivity index (χ1n) is 5.95. The molecule has 2 unspecified atom stereocenters. The van der Waals surface area contributed by atoms with Crippen LogP contribution in [0, 0.1) is 6.92 Å². The van der Waals surface area contributed by atoms with Gasteiger partial charge in [-0.05, 0) is 44.7 Å². The molecule has 16 heavy (non-hydrogen) atoms. The maximum Gasteiger partial charge on any atom is 0.111 e. The number of aromatic nitrogens is 2. The number of aryl methyl sites for hydroxylation is 1. The molecule has 2 saturated heterocycles. The van der Waals surface area contributed by atoms with Gasteiger partial charge < -0.3 is 10.4 Å². The zero-order valence-corrected chi connectivity index (χ0v) is 9.48. The van der Waals surface area contributed by atoms with E-state index in [1.807, 2.05) is 19.1 Å². The molecule has 0 saturated carbocycles. The Morgan fingerprint density at radius 3 is 2.50 bits per heavy atom. The van der Waals surface area contributed by atoms with Gasteiger partial charge in [0.2, 0.25) is 0 Å². The van der Waals surface area contributed by atoms with E-state index < -0.39 is 5.60 Å². The Morgan fingerprint density at radius 2 is 1.94 bits per heavy atom. The summed E-state index contributed by atoms with van der Waals surface area (Å²) in [6.45, 7) is 1.91. The van der Waals surface area contributed by atoms with Gasteiger partial charge in [-0.2, -0.15) is 10.2 Å². The molecule has 0 spiro atoms. The quantitative estimate of drug-likeness (QED) is 0.736. The maximum absolute atomic E-state index is 10.7. The van der Waals surface area contributed by atoms with E-state index in [9.17, 15) is 5.11 Å². The average molecular weight is 219 g/mol. The van der Waals surface area contributed by atoms with Crippen molar-refractivity contribution in [2.45, 2.75) is 50.3 Å². The van der Waals surface area contributed by atoms with Crippen LogP contribution in [-0.2, 0) is 5.60 Å². The van der Waals surface area contributed by atoms with Gasteiger partial charge in [0.05, 0.1) is 11.4 Å². The molecule has 2 aliphatic heterocycles. The molecule has 0 amide bonds. The number of hydrogen-bond acceptors (Lipinski definition) is 4. The van der Waals surface area contributed by atoms with Crippen LogP contribution in [0.3, 0.4) is 0 Å². The van der Waals surface area contributed by atoms with Crippen molar-refractivity contribution in [2.75, 3.05) is 0 Å². The smallest absolute Gasteiger partial charge is 0.111 e. The second kappa shape index (κ2) is 3.50. The van der Waals surface area contributed by atoms with Gasteiger partial charge in [-0.3, -0.25) is 0 Å². The largest absolute Gasteiger partial charge is 0.383 e. The van der Waals surface area contributed by atoms with Crippen LogP contribution in [-0.4, -0.2) is 27.4 Å². The van der Waals surface area contributed by atoms with Crippen molar-refractivity contribution >= 4 is 0 Å². The third-order valence-corrected chi connectivity index (χ3v) is 3.78. The second-order valence-corrected chi connectivity index (χ2v) is 5.14. The van der Waals surface area contributed by atoms with E-state index >= 15 is 0 Å². The fourth-order valence-electron chi connectivity index (χ4n) is 2.98. The summed E-state index contributed by atoms with van der Waals surface area (Å²) in [7, 11) is 0. The Balaban J connectivity index is 1.90. The number of hydrogen-bond donors (Lipinski definition) is 2. The second-order valence-electron chi connectivity index (χ2n) is 5.14. The lowest BCUT2D eigenvalue weighted by molar-refractivity contribution is -0.0160. The minimum absolute atomic E-state index is 0.451. The van der Waals surface area contributed by atoms with Gasteiger partial charge in [-0.15, -0.1) is 0 Å². The van der Waals surface area contributed by atoms with Crippen LogP contribution in [0.4, 0.5) is 0 Å². The highest BCUT2D eigenvalue weighted by molar-refractivity contribution is 5.17. The van der Waals surface area contributed by atoms with E-state index in [4.69, 9.17) is 0 Å². The lowest BCUT2D eigenvalue weighted by Gasteiger charge is -2.36. The van der Waals surface area contributed by atoms with Gasteiger partial charge in [-0.25, -0.2) is 0 Å². The summed E-state index contributed by atoms with van der Waals surface area (Å²) in [6.07, 6.45) is 3.88. The molecule has 3 rings (SSSR count). The molecule has 0 aliphatic carbocycles. The van der Waals surface area contributed by atoms with Crippen LogP contribution < -0.4 is 5.32 Å². The predicted octanol–water partition coefficient (Wildman–Crippen LogP) is 0.887. The first kappa shape index (κ1) is 10.2. The summed E-state index contributed by atoms with van der Waals surface area (Å²) < 4.78 is 0. The van der Waals surface area contributed by atoms with Crippen LogP contribution in [0.5, 0.6) is 0 Å². The average Bonchev–Trinajstić information content (AvgIpc) is 2.59. The van der Waals surface area contributed by atoms with Crippen LogP contribution in [0.25, 0.3) is 0 Å². The molecule has 0 radical (unpaired) electrons. The van der Waals surface area contributed by atoms with E-state index in [0.29, 0.717) is 12.1 Å². The van der Waals surface area contributed by atoms with Crippen molar-refractivity contribution < 1.29 is 5.11 Å². The summed E-state index contributed by atoms with van der Waals surface area (Å²) in [4.78, 5) is 0. The van der Waals surface area contributed by atoms with Crippen molar-refractivity contribution in [3.8, 4) is 0 Å². The Hall–Kier alpha value is -1.00. The molecule has 2 fully saturated rings. The van der Waals surface area contributed by atoms with Crippen molar-refractivity contribution in [2.24, 2.45) is 0 Å². The van der Waals surface area contributed by atoms with E-state index in [1.54, 1.807) is 0 Å². The molecule has 3 heterocycles. The molecular formula is C12H17N3O. The maximum atomic E-state index is 10.7. The molecule has 1 aromatic rings. The highest BCUT2D eigenvalue weighted by atomic mass is 16.3. The van der Waals surface area contributed by atoms with E-state index in [0.717, 1.165) is 24.2 Å². The summed E-state index contributed by atoms with van der Waals surface area (Å²) in [5.41, 5.74) is 0.860. The topological polar surface area (TPSA) is 58.0 Å². The zero-order chi connectivity index (χ0) is 11.2. The number of piperidine rings is 1. The predicted molar refractivity (Wildman–Crippen MR) is 59.8 cm³/mol. The molecule has 2 aliphatic rings. The number of aliphatic hydroxyl groups is 1. The van der Waals surface area contributed by atoms with Crippen LogP contribution in [0.15, 0.2) is 12.1 Å². The van der Waals surface area contributed by atoms with Crippen molar-refractivity contribution in [1.82, 2.24) is 15.5 Å². The number of nitrogens with one attached hydrogen (secondary N) is 1. The molecule has 1 aromatic heterocycles. The number of nitrogens with zero attached hydrogens (tertiary/aromatic N) is 2.